The topological polar surface area (TPSA) is 62.3 Å². The van der Waals surface area contributed by atoms with E-state index in [1.165, 1.54) is 6.20 Å². The second-order valence-electron chi connectivity index (χ2n) is 6.39. The quantitative estimate of drug-likeness (QED) is 0.906. The number of hydrogen-bond donors (Lipinski definition) is 1. The van der Waals surface area contributed by atoms with Crippen molar-refractivity contribution in [2.45, 2.75) is 20.3 Å². The fourth-order valence-corrected chi connectivity index (χ4v) is 3.42. The van der Waals surface area contributed by atoms with E-state index in [9.17, 15) is 9.59 Å². The van der Waals surface area contributed by atoms with Crippen molar-refractivity contribution in [2.24, 2.45) is 11.3 Å². The van der Waals surface area contributed by atoms with Crippen molar-refractivity contribution in [1.29, 1.82) is 0 Å². The molecule has 1 aliphatic heterocycles. The van der Waals surface area contributed by atoms with Crippen molar-refractivity contribution in [3.63, 3.8) is 0 Å². The average molecular weight is 332 g/mol. The van der Waals surface area contributed by atoms with Gasteiger partial charge in [0.25, 0.3) is 5.91 Å². The number of amides is 2. The molecule has 5 nitrogen and oxygen atoms in total. The highest BCUT2D eigenvalue weighted by Gasteiger charge is 2.49. The molecule has 1 atom stereocenters. The van der Waals surface area contributed by atoms with E-state index >= 15 is 0 Å². The Morgan fingerprint density at radius 1 is 1.48 bits per heavy atom. The Morgan fingerprint density at radius 2 is 2.22 bits per heavy atom. The van der Waals surface area contributed by atoms with Crippen molar-refractivity contribution >= 4 is 23.4 Å². The second-order valence-corrected chi connectivity index (χ2v) is 6.80. The highest BCUT2D eigenvalue weighted by atomic mass is 35.5. The molecule has 0 bridgehead atoms. The van der Waals surface area contributed by atoms with Crippen LogP contribution in [-0.4, -0.2) is 28.7 Å². The van der Waals surface area contributed by atoms with Crippen LogP contribution in [0.3, 0.4) is 0 Å². The summed E-state index contributed by atoms with van der Waals surface area (Å²) in [5.74, 6) is -0.120. The summed E-state index contributed by atoms with van der Waals surface area (Å²) in [7, 11) is 1.77. The third kappa shape index (κ3) is 2.55. The van der Waals surface area contributed by atoms with Crippen LogP contribution in [0.15, 0.2) is 41.9 Å². The lowest BCUT2D eigenvalue weighted by Crippen LogP contribution is -2.29. The van der Waals surface area contributed by atoms with Crippen LogP contribution in [0.4, 0.5) is 0 Å². The maximum absolute atomic E-state index is 12.3. The van der Waals surface area contributed by atoms with Crippen LogP contribution in [0.1, 0.15) is 30.8 Å². The maximum Gasteiger partial charge on any atom is 0.275 e. The van der Waals surface area contributed by atoms with Gasteiger partial charge in [-0.05, 0) is 24.6 Å². The van der Waals surface area contributed by atoms with E-state index in [0.717, 1.165) is 5.70 Å². The van der Waals surface area contributed by atoms with E-state index in [1.54, 1.807) is 24.1 Å². The Hall–Kier alpha value is -2.14. The van der Waals surface area contributed by atoms with E-state index in [4.69, 9.17) is 11.6 Å². The molecule has 1 unspecified atom stereocenters. The fourth-order valence-electron chi connectivity index (χ4n) is 3.21. The Morgan fingerprint density at radius 3 is 2.91 bits per heavy atom. The van der Waals surface area contributed by atoms with Crippen molar-refractivity contribution in [2.75, 3.05) is 7.05 Å². The second kappa shape index (κ2) is 5.49. The zero-order valence-electron chi connectivity index (χ0n) is 13.3. The van der Waals surface area contributed by atoms with Crippen LogP contribution >= 0.6 is 11.6 Å². The molecule has 0 aromatic carbocycles. The van der Waals surface area contributed by atoms with E-state index in [2.05, 4.69) is 10.3 Å². The molecule has 1 N–H and O–H groups in total. The molecule has 1 aromatic heterocycles. The number of carbonyl (C=O) groups excluding carboxylic acids is 2. The number of rotatable bonds is 2. The number of hydrogen-bond acceptors (Lipinski definition) is 3. The Balaban J connectivity index is 1.82. The van der Waals surface area contributed by atoms with E-state index in [1.807, 2.05) is 26.0 Å². The molecule has 1 saturated heterocycles. The standard InChI is InChI=1S/C17H18ClN3O2/c1-17(2)11-7-6-10(9-13(11)21(3)16(17)23)20-15(22)14-12(18)5-4-8-19-14/h4-6,8-9,11H,7H2,1-3H3,(H,20,22). The number of pyridine rings is 1. The van der Waals surface area contributed by atoms with Gasteiger partial charge in [0.2, 0.25) is 5.91 Å². The zero-order valence-corrected chi connectivity index (χ0v) is 14.0. The Bertz CT molecular complexity index is 752. The first kappa shape index (κ1) is 15.7. The van der Waals surface area contributed by atoms with Crippen LogP contribution in [0.2, 0.25) is 5.02 Å². The largest absolute Gasteiger partial charge is 0.321 e. The van der Waals surface area contributed by atoms with Gasteiger partial charge in [0.1, 0.15) is 5.69 Å². The van der Waals surface area contributed by atoms with E-state index in [-0.39, 0.29) is 23.4 Å². The van der Waals surface area contributed by atoms with Gasteiger partial charge in [-0.25, -0.2) is 4.98 Å². The van der Waals surface area contributed by atoms with Crippen LogP contribution in [0.25, 0.3) is 0 Å². The van der Waals surface area contributed by atoms with Crippen LogP contribution in [0.5, 0.6) is 0 Å². The van der Waals surface area contributed by atoms with Gasteiger partial charge >= 0.3 is 0 Å². The molecule has 0 radical (unpaired) electrons. The number of allylic oxidation sites excluding steroid dienone is 3. The van der Waals surface area contributed by atoms with Gasteiger partial charge < -0.3 is 10.2 Å². The molecule has 2 heterocycles. The maximum atomic E-state index is 12.3. The monoisotopic (exact) mass is 331 g/mol. The third-order valence-electron chi connectivity index (χ3n) is 4.58. The van der Waals surface area contributed by atoms with Gasteiger partial charge in [0, 0.05) is 30.6 Å². The highest BCUT2D eigenvalue weighted by Crippen LogP contribution is 2.46. The average Bonchev–Trinajstić information content (AvgIpc) is 2.68. The van der Waals surface area contributed by atoms with Gasteiger partial charge in [-0.2, -0.15) is 0 Å². The Labute approximate surface area is 140 Å². The minimum absolute atomic E-state index is 0.0995. The molecular formula is C17H18ClN3O2. The smallest absolute Gasteiger partial charge is 0.275 e. The lowest BCUT2D eigenvalue weighted by Gasteiger charge is -2.25. The number of aromatic nitrogens is 1. The molecule has 2 amide bonds. The number of likely N-dealkylation sites (tertiary alicyclic amines) is 1. The van der Waals surface area contributed by atoms with Crippen molar-refractivity contribution in [3.8, 4) is 0 Å². The van der Waals surface area contributed by atoms with Crippen molar-refractivity contribution in [3.05, 3.63) is 52.6 Å². The molecular weight excluding hydrogens is 314 g/mol. The lowest BCUT2D eigenvalue weighted by molar-refractivity contribution is -0.133. The molecule has 6 heteroatoms. The first-order valence-corrected chi connectivity index (χ1v) is 7.82. The normalized spacial score (nSPS) is 22.3. The summed E-state index contributed by atoms with van der Waals surface area (Å²) in [5, 5.41) is 3.12. The predicted molar refractivity (Wildman–Crippen MR) is 87.5 cm³/mol. The van der Waals surface area contributed by atoms with Gasteiger partial charge in [-0.15, -0.1) is 0 Å². The minimum atomic E-state index is -0.420. The number of nitrogens with one attached hydrogen (secondary N) is 1. The summed E-state index contributed by atoms with van der Waals surface area (Å²) < 4.78 is 0. The lowest BCUT2D eigenvalue weighted by atomic mass is 9.76. The zero-order chi connectivity index (χ0) is 16.8. The summed E-state index contributed by atoms with van der Waals surface area (Å²) >= 11 is 5.99. The summed E-state index contributed by atoms with van der Waals surface area (Å²) in [5.41, 5.74) is 1.37. The summed E-state index contributed by atoms with van der Waals surface area (Å²) in [6.07, 6.45) is 6.03. The van der Waals surface area contributed by atoms with Crippen LogP contribution in [-0.2, 0) is 4.79 Å². The van der Waals surface area contributed by atoms with Crippen LogP contribution in [0, 0.1) is 11.3 Å². The first-order chi connectivity index (χ1) is 10.8. The molecule has 0 spiro atoms. The number of halogens is 1. The molecule has 1 fully saturated rings. The van der Waals surface area contributed by atoms with Gasteiger partial charge in [0.15, 0.2) is 0 Å². The Kier molecular flexibility index (Phi) is 3.76. The van der Waals surface area contributed by atoms with Crippen molar-refractivity contribution in [1.82, 2.24) is 15.2 Å². The molecule has 1 aromatic rings. The van der Waals surface area contributed by atoms with Crippen molar-refractivity contribution < 1.29 is 9.59 Å². The SMILES string of the molecule is CN1C(=O)C(C)(C)C2CC=C(NC(=O)c3ncccc3Cl)C=C21. The van der Waals surface area contributed by atoms with E-state index < -0.39 is 5.41 Å². The molecule has 120 valence electrons. The van der Waals surface area contributed by atoms with Gasteiger partial charge in [-0.1, -0.05) is 31.5 Å². The summed E-state index contributed by atoms with van der Waals surface area (Å²) in [6.45, 7) is 3.92. The minimum Gasteiger partial charge on any atom is -0.321 e. The van der Waals surface area contributed by atoms with Crippen LogP contribution < -0.4 is 5.32 Å². The highest BCUT2D eigenvalue weighted by molar-refractivity contribution is 6.33. The van der Waals surface area contributed by atoms with Gasteiger partial charge in [-0.3, -0.25) is 9.59 Å². The predicted octanol–water partition coefficient (Wildman–Crippen LogP) is 2.75. The third-order valence-corrected chi connectivity index (χ3v) is 4.88. The molecule has 2 aliphatic rings. The fraction of sp³-hybridized carbons (Fsp3) is 0.353. The molecule has 3 rings (SSSR count). The number of carbonyl (C=O) groups is 2. The summed E-state index contributed by atoms with van der Waals surface area (Å²) in [6, 6.07) is 3.30. The summed E-state index contributed by atoms with van der Waals surface area (Å²) in [4.78, 5) is 30.3. The first-order valence-electron chi connectivity index (χ1n) is 7.44. The number of nitrogens with zero attached hydrogens (tertiary/aromatic N) is 2. The molecule has 0 saturated carbocycles. The molecule has 23 heavy (non-hydrogen) atoms. The van der Waals surface area contributed by atoms with Gasteiger partial charge in [0.05, 0.1) is 10.4 Å². The van der Waals surface area contributed by atoms with E-state index in [0.29, 0.717) is 17.1 Å². The number of fused-ring (bicyclic) bond motifs is 1. The molecule has 1 aliphatic carbocycles.